The topological polar surface area (TPSA) is 105 Å². The second-order valence-electron chi connectivity index (χ2n) is 7.71. The molecule has 2 aromatic carbocycles. The number of carbonyl (C=O) groups excluding carboxylic acids is 2. The Kier molecular flexibility index (Phi) is 6.66. The number of amides is 2. The van der Waals surface area contributed by atoms with Crippen LogP contribution >= 0.6 is 0 Å². The van der Waals surface area contributed by atoms with Gasteiger partial charge in [-0.3, -0.25) is 19.7 Å². The highest BCUT2D eigenvalue weighted by molar-refractivity contribution is 5.95. The molecule has 0 saturated carbocycles. The summed E-state index contributed by atoms with van der Waals surface area (Å²) in [6.07, 6.45) is 1.50. The van der Waals surface area contributed by atoms with Gasteiger partial charge >= 0.3 is 0 Å². The van der Waals surface area contributed by atoms with Crippen LogP contribution in [0, 0.1) is 10.1 Å². The Morgan fingerprint density at radius 1 is 1.20 bits per heavy atom. The summed E-state index contributed by atoms with van der Waals surface area (Å²) in [4.78, 5) is 36.8. The molecule has 30 heavy (non-hydrogen) atoms. The van der Waals surface area contributed by atoms with Crippen molar-refractivity contribution in [2.45, 2.75) is 45.8 Å². The summed E-state index contributed by atoms with van der Waals surface area (Å²) < 4.78 is 0. The molecule has 1 fully saturated rings. The summed E-state index contributed by atoms with van der Waals surface area (Å²) in [5, 5.41) is 17.3. The Morgan fingerprint density at radius 2 is 1.97 bits per heavy atom. The number of likely N-dealkylation sites (tertiary alicyclic amines) is 1. The van der Waals surface area contributed by atoms with Crippen LogP contribution in [-0.2, 0) is 17.9 Å². The van der Waals surface area contributed by atoms with Gasteiger partial charge in [-0.1, -0.05) is 24.3 Å². The van der Waals surface area contributed by atoms with Crippen molar-refractivity contribution in [2.24, 2.45) is 0 Å². The SMILES string of the molecule is CC(C)NC(=O)c1ccc(NCc2cccc(CN3CCCC3=O)c2)c([N+](=O)[O-])c1. The monoisotopic (exact) mass is 410 g/mol. The van der Waals surface area contributed by atoms with Gasteiger partial charge in [0.15, 0.2) is 0 Å². The number of benzene rings is 2. The third kappa shape index (κ3) is 5.34. The first-order valence-electron chi connectivity index (χ1n) is 10.0. The lowest BCUT2D eigenvalue weighted by Gasteiger charge is -2.16. The summed E-state index contributed by atoms with van der Waals surface area (Å²) >= 11 is 0. The maximum Gasteiger partial charge on any atom is 0.293 e. The first-order chi connectivity index (χ1) is 14.3. The molecule has 0 atom stereocenters. The zero-order chi connectivity index (χ0) is 21.7. The van der Waals surface area contributed by atoms with Gasteiger partial charge in [-0.05, 0) is 43.5 Å². The largest absolute Gasteiger partial charge is 0.375 e. The Hall–Kier alpha value is -3.42. The minimum Gasteiger partial charge on any atom is -0.375 e. The van der Waals surface area contributed by atoms with Crippen molar-refractivity contribution in [1.29, 1.82) is 0 Å². The Bertz CT molecular complexity index is 958. The first-order valence-corrected chi connectivity index (χ1v) is 10.0. The van der Waals surface area contributed by atoms with E-state index in [1.807, 2.05) is 43.0 Å². The van der Waals surface area contributed by atoms with Crippen LogP contribution < -0.4 is 10.6 Å². The van der Waals surface area contributed by atoms with Crippen molar-refractivity contribution in [3.63, 3.8) is 0 Å². The average molecular weight is 410 g/mol. The van der Waals surface area contributed by atoms with Crippen LogP contribution in [0.4, 0.5) is 11.4 Å². The molecule has 8 heteroatoms. The number of carbonyl (C=O) groups is 2. The van der Waals surface area contributed by atoms with Gasteiger partial charge in [0.05, 0.1) is 4.92 Å². The van der Waals surface area contributed by atoms with Crippen LogP contribution in [0.25, 0.3) is 0 Å². The lowest BCUT2D eigenvalue weighted by atomic mass is 10.1. The Morgan fingerprint density at radius 3 is 2.63 bits per heavy atom. The van der Waals surface area contributed by atoms with Gasteiger partial charge in [-0.25, -0.2) is 0 Å². The van der Waals surface area contributed by atoms with Crippen molar-refractivity contribution >= 4 is 23.2 Å². The molecule has 1 aliphatic rings. The van der Waals surface area contributed by atoms with Gasteiger partial charge in [-0.15, -0.1) is 0 Å². The van der Waals surface area contributed by atoms with Gasteiger partial charge in [0.1, 0.15) is 5.69 Å². The molecule has 0 aromatic heterocycles. The molecule has 0 radical (unpaired) electrons. The highest BCUT2D eigenvalue weighted by Crippen LogP contribution is 2.26. The molecule has 3 rings (SSSR count). The third-order valence-corrected chi connectivity index (χ3v) is 4.90. The number of nitro groups is 1. The molecular formula is C22H26N4O4. The fourth-order valence-electron chi connectivity index (χ4n) is 3.45. The fraction of sp³-hybridized carbons (Fsp3) is 0.364. The molecule has 0 aliphatic carbocycles. The van der Waals surface area contributed by atoms with Crippen molar-refractivity contribution in [3.05, 3.63) is 69.3 Å². The second kappa shape index (κ2) is 9.39. The second-order valence-corrected chi connectivity index (χ2v) is 7.71. The molecule has 2 aromatic rings. The number of anilines is 1. The molecule has 1 heterocycles. The van der Waals surface area contributed by atoms with Crippen LogP contribution in [0.15, 0.2) is 42.5 Å². The van der Waals surface area contributed by atoms with E-state index >= 15 is 0 Å². The minimum absolute atomic E-state index is 0.0579. The van der Waals surface area contributed by atoms with Crippen molar-refractivity contribution in [2.75, 3.05) is 11.9 Å². The van der Waals surface area contributed by atoms with Crippen molar-refractivity contribution in [3.8, 4) is 0 Å². The van der Waals surface area contributed by atoms with Gasteiger partial charge in [0, 0.05) is 43.7 Å². The lowest BCUT2D eigenvalue weighted by molar-refractivity contribution is -0.384. The van der Waals surface area contributed by atoms with E-state index in [1.54, 1.807) is 12.1 Å². The van der Waals surface area contributed by atoms with E-state index in [4.69, 9.17) is 0 Å². The number of nitrogens with one attached hydrogen (secondary N) is 2. The van der Waals surface area contributed by atoms with Gasteiger partial charge in [0.2, 0.25) is 5.91 Å². The third-order valence-electron chi connectivity index (χ3n) is 4.90. The maximum absolute atomic E-state index is 12.1. The first kappa shape index (κ1) is 21.3. The summed E-state index contributed by atoms with van der Waals surface area (Å²) in [6.45, 7) is 5.41. The standard InChI is InChI=1S/C22H26N4O4/c1-15(2)24-22(28)18-8-9-19(20(12-18)26(29)30)23-13-16-5-3-6-17(11-16)14-25-10-4-7-21(25)27/h3,5-6,8-9,11-12,15,23H,4,7,10,13-14H2,1-2H3,(H,24,28). The van der Waals surface area contributed by atoms with Crippen LogP contribution in [0.3, 0.4) is 0 Å². The molecule has 0 unspecified atom stereocenters. The van der Waals surface area contributed by atoms with Gasteiger partial charge in [-0.2, -0.15) is 0 Å². The summed E-state index contributed by atoms with van der Waals surface area (Å²) in [6, 6.07) is 12.2. The predicted octanol–water partition coefficient (Wildman–Crippen LogP) is 3.47. The number of rotatable bonds is 8. The number of nitro benzene ring substituents is 1. The molecule has 1 aliphatic heterocycles. The van der Waals surface area contributed by atoms with Crippen LogP contribution in [0.2, 0.25) is 0 Å². The fourth-order valence-corrected chi connectivity index (χ4v) is 3.45. The van der Waals surface area contributed by atoms with E-state index < -0.39 is 4.92 Å². The van der Waals surface area contributed by atoms with E-state index in [-0.39, 0.29) is 29.1 Å². The van der Waals surface area contributed by atoms with Crippen LogP contribution in [0.1, 0.15) is 48.2 Å². The van der Waals surface area contributed by atoms with Crippen molar-refractivity contribution < 1.29 is 14.5 Å². The normalized spacial score (nSPS) is 13.6. The maximum atomic E-state index is 12.1. The molecule has 2 N–H and O–H groups in total. The van der Waals surface area contributed by atoms with E-state index in [1.165, 1.54) is 6.07 Å². The molecule has 8 nitrogen and oxygen atoms in total. The Labute approximate surface area is 175 Å². The summed E-state index contributed by atoms with van der Waals surface area (Å²) in [7, 11) is 0. The van der Waals surface area contributed by atoms with Gasteiger partial charge in [0.25, 0.3) is 11.6 Å². The summed E-state index contributed by atoms with van der Waals surface area (Å²) in [5.41, 5.74) is 2.43. The zero-order valence-corrected chi connectivity index (χ0v) is 17.2. The van der Waals surface area contributed by atoms with E-state index in [2.05, 4.69) is 10.6 Å². The number of hydrogen-bond acceptors (Lipinski definition) is 5. The molecule has 2 amide bonds. The molecule has 0 spiro atoms. The lowest BCUT2D eigenvalue weighted by Crippen LogP contribution is -2.30. The highest BCUT2D eigenvalue weighted by atomic mass is 16.6. The highest BCUT2D eigenvalue weighted by Gasteiger charge is 2.20. The number of hydrogen-bond donors (Lipinski definition) is 2. The van der Waals surface area contributed by atoms with E-state index in [0.717, 1.165) is 24.1 Å². The minimum atomic E-state index is -0.496. The van der Waals surface area contributed by atoms with Crippen LogP contribution in [0.5, 0.6) is 0 Å². The average Bonchev–Trinajstić information content (AvgIpc) is 3.10. The van der Waals surface area contributed by atoms with E-state index in [0.29, 0.717) is 25.2 Å². The zero-order valence-electron chi connectivity index (χ0n) is 17.2. The predicted molar refractivity (Wildman–Crippen MR) is 114 cm³/mol. The molecule has 158 valence electrons. The molecular weight excluding hydrogens is 384 g/mol. The van der Waals surface area contributed by atoms with Crippen molar-refractivity contribution in [1.82, 2.24) is 10.2 Å². The van der Waals surface area contributed by atoms with Crippen LogP contribution in [-0.4, -0.2) is 34.2 Å². The Balaban J connectivity index is 1.70. The smallest absolute Gasteiger partial charge is 0.293 e. The summed E-state index contributed by atoms with van der Waals surface area (Å²) in [5.74, 6) is -0.167. The quantitative estimate of drug-likeness (QED) is 0.512. The van der Waals surface area contributed by atoms with Gasteiger partial charge < -0.3 is 15.5 Å². The molecule has 1 saturated heterocycles. The number of nitrogens with zero attached hydrogens (tertiary/aromatic N) is 2. The molecule has 0 bridgehead atoms. The van der Waals surface area contributed by atoms with E-state index in [9.17, 15) is 19.7 Å².